The predicted octanol–water partition coefficient (Wildman–Crippen LogP) is 2.76. The Morgan fingerprint density at radius 2 is 2.27 bits per heavy atom. The fraction of sp³-hybridized carbons (Fsp3) is 0.300. The van der Waals surface area contributed by atoms with E-state index < -0.39 is 11.8 Å². The minimum absolute atomic E-state index is 0.0539. The number of anilines is 1. The average Bonchev–Trinajstić information content (AvgIpc) is 2.18. The third-order valence-electron chi connectivity index (χ3n) is 1.82. The van der Waals surface area contributed by atoms with Crippen LogP contribution in [0.5, 0.6) is 0 Å². The molecule has 0 amide bonds. The molecule has 0 spiro atoms. The fourth-order valence-corrected chi connectivity index (χ4v) is 1.26. The van der Waals surface area contributed by atoms with Gasteiger partial charge in [-0.15, -0.1) is 0 Å². The highest BCUT2D eigenvalue weighted by atomic mass is 35.5. The van der Waals surface area contributed by atoms with Crippen LogP contribution in [0, 0.1) is 5.82 Å². The van der Waals surface area contributed by atoms with Gasteiger partial charge in [0.15, 0.2) is 0 Å². The smallest absolute Gasteiger partial charge is 0.303 e. The van der Waals surface area contributed by atoms with Crippen LogP contribution in [0.1, 0.15) is 12.8 Å². The van der Waals surface area contributed by atoms with E-state index in [1.807, 2.05) is 0 Å². The van der Waals surface area contributed by atoms with E-state index in [1.165, 1.54) is 12.1 Å². The minimum atomic E-state index is -0.825. The van der Waals surface area contributed by atoms with Crippen LogP contribution < -0.4 is 5.32 Å². The highest BCUT2D eigenvalue weighted by Crippen LogP contribution is 2.19. The Hall–Kier alpha value is -1.29. The SMILES string of the molecule is O=C(O)CCCNc1ccc(F)c(Cl)c1. The molecule has 3 nitrogen and oxygen atoms in total. The molecule has 0 aliphatic heterocycles. The summed E-state index contributed by atoms with van der Waals surface area (Å²) in [5.41, 5.74) is 0.687. The molecule has 1 rings (SSSR count). The van der Waals surface area contributed by atoms with Gasteiger partial charge in [0, 0.05) is 18.7 Å². The molecule has 0 bridgehead atoms. The average molecular weight is 232 g/mol. The van der Waals surface area contributed by atoms with Crippen LogP contribution in [0.15, 0.2) is 18.2 Å². The van der Waals surface area contributed by atoms with Gasteiger partial charge in [-0.05, 0) is 24.6 Å². The number of nitrogens with one attached hydrogen (secondary N) is 1. The van der Waals surface area contributed by atoms with E-state index in [0.717, 1.165) is 0 Å². The molecule has 0 radical (unpaired) electrons. The van der Waals surface area contributed by atoms with Gasteiger partial charge in [0.1, 0.15) is 5.82 Å². The zero-order chi connectivity index (χ0) is 11.3. The van der Waals surface area contributed by atoms with Gasteiger partial charge in [-0.2, -0.15) is 0 Å². The van der Waals surface area contributed by atoms with Crippen LogP contribution in [-0.4, -0.2) is 17.6 Å². The Morgan fingerprint density at radius 3 is 2.87 bits per heavy atom. The highest BCUT2D eigenvalue weighted by molar-refractivity contribution is 6.31. The van der Waals surface area contributed by atoms with Crippen LogP contribution >= 0.6 is 11.6 Å². The molecular formula is C10H11ClFNO2. The molecule has 0 heterocycles. The summed E-state index contributed by atoms with van der Waals surface area (Å²) in [6, 6.07) is 4.29. The first kappa shape index (κ1) is 11.8. The van der Waals surface area contributed by atoms with Gasteiger partial charge in [-0.1, -0.05) is 11.6 Å². The van der Waals surface area contributed by atoms with Gasteiger partial charge in [-0.3, -0.25) is 4.79 Å². The monoisotopic (exact) mass is 231 g/mol. The van der Waals surface area contributed by atoms with Crippen molar-refractivity contribution in [1.29, 1.82) is 0 Å². The number of hydrogen-bond donors (Lipinski definition) is 2. The van der Waals surface area contributed by atoms with Gasteiger partial charge >= 0.3 is 5.97 Å². The first-order valence-corrected chi connectivity index (χ1v) is 4.88. The van der Waals surface area contributed by atoms with Gasteiger partial charge in [-0.25, -0.2) is 4.39 Å². The number of hydrogen-bond acceptors (Lipinski definition) is 2. The van der Waals surface area contributed by atoms with Crippen LogP contribution in [0.3, 0.4) is 0 Å². The standard InChI is InChI=1S/C10H11ClFNO2/c11-8-6-7(3-4-9(8)12)13-5-1-2-10(14)15/h3-4,6,13H,1-2,5H2,(H,14,15). The van der Waals surface area contributed by atoms with Crippen LogP contribution in [0.25, 0.3) is 0 Å². The van der Waals surface area contributed by atoms with Crippen molar-refractivity contribution in [1.82, 2.24) is 0 Å². The second kappa shape index (κ2) is 5.56. The maximum absolute atomic E-state index is 12.8. The molecule has 0 aliphatic rings. The third kappa shape index (κ3) is 4.16. The number of rotatable bonds is 5. The molecule has 0 aliphatic carbocycles. The molecule has 2 N–H and O–H groups in total. The van der Waals surface area contributed by atoms with Crippen LogP contribution in [0.2, 0.25) is 5.02 Å². The molecular weight excluding hydrogens is 221 g/mol. The molecule has 15 heavy (non-hydrogen) atoms. The molecule has 0 saturated heterocycles. The summed E-state index contributed by atoms with van der Waals surface area (Å²) in [6.07, 6.45) is 0.631. The molecule has 1 aromatic carbocycles. The van der Waals surface area contributed by atoms with Crippen molar-refractivity contribution in [2.45, 2.75) is 12.8 Å². The molecule has 5 heteroatoms. The molecule has 0 saturated carbocycles. The van der Waals surface area contributed by atoms with E-state index in [2.05, 4.69) is 5.32 Å². The van der Waals surface area contributed by atoms with Crippen molar-refractivity contribution in [3.63, 3.8) is 0 Å². The summed E-state index contributed by atoms with van der Waals surface area (Å²) in [4.78, 5) is 10.2. The summed E-state index contributed by atoms with van der Waals surface area (Å²) >= 11 is 5.57. The van der Waals surface area contributed by atoms with E-state index in [-0.39, 0.29) is 11.4 Å². The maximum Gasteiger partial charge on any atom is 0.303 e. The third-order valence-corrected chi connectivity index (χ3v) is 2.11. The number of halogens is 2. The molecule has 1 aromatic rings. The van der Waals surface area contributed by atoms with Gasteiger partial charge in [0.2, 0.25) is 0 Å². The van der Waals surface area contributed by atoms with Gasteiger partial charge in [0.05, 0.1) is 5.02 Å². The van der Waals surface area contributed by atoms with Crippen molar-refractivity contribution in [2.24, 2.45) is 0 Å². The van der Waals surface area contributed by atoms with Crippen molar-refractivity contribution < 1.29 is 14.3 Å². The number of aliphatic carboxylic acids is 1. The molecule has 0 fully saturated rings. The summed E-state index contributed by atoms with van der Waals surface area (Å²) in [7, 11) is 0. The molecule has 0 unspecified atom stereocenters. The van der Waals surface area contributed by atoms with Crippen molar-refractivity contribution >= 4 is 23.3 Å². The lowest BCUT2D eigenvalue weighted by molar-refractivity contribution is -0.137. The molecule has 0 aromatic heterocycles. The quantitative estimate of drug-likeness (QED) is 0.766. The second-order valence-corrected chi connectivity index (χ2v) is 3.46. The normalized spacial score (nSPS) is 10.0. The van der Waals surface area contributed by atoms with E-state index in [4.69, 9.17) is 16.7 Å². The Morgan fingerprint density at radius 1 is 1.53 bits per heavy atom. The van der Waals surface area contributed by atoms with Crippen molar-refractivity contribution in [3.05, 3.63) is 29.0 Å². The second-order valence-electron chi connectivity index (χ2n) is 3.05. The Balaban J connectivity index is 2.38. The lowest BCUT2D eigenvalue weighted by Gasteiger charge is -2.05. The summed E-state index contributed by atoms with van der Waals surface area (Å²) in [6.45, 7) is 0.522. The number of carboxylic acid groups (broad SMARTS) is 1. The van der Waals surface area contributed by atoms with E-state index in [9.17, 15) is 9.18 Å². The number of carbonyl (C=O) groups is 1. The van der Waals surface area contributed by atoms with Gasteiger partial charge in [0.25, 0.3) is 0 Å². The highest BCUT2D eigenvalue weighted by Gasteiger charge is 2.00. The minimum Gasteiger partial charge on any atom is -0.481 e. The largest absolute Gasteiger partial charge is 0.481 e. The number of benzene rings is 1. The number of carboxylic acids is 1. The summed E-state index contributed by atoms with van der Waals surface area (Å²) in [5.74, 6) is -1.29. The van der Waals surface area contributed by atoms with E-state index in [1.54, 1.807) is 6.07 Å². The lowest BCUT2D eigenvalue weighted by atomic mass is 10.3. The summed E-state index contributed by atoms with van der Waals surface area (Å²) in [5, 5.41) is 11.4. The molecule has 0 atom stereocenters. The van der Waals surface area contributed by atoms with E-state index >= 15 is 0 Å². The van der Waals surface area contributed by atoms with Crippen LogP contribution in [-0.2, 0) is 4.79 Å². The first-order valence-electron chi connectivity index (χ1n) is 4.50. The zero-order valence-corrected chi connectivity index (χ0v) is 8.72. The topological polar surface area (TPSA) is 49.3 Å². The fourth-order valence-electron chi connectivity index (χ4n) is 1.08. The lowest BCUT2D eigenvalue weighted by Crippen LogP contribution is -2.04. The Labute approximate surface area is 91.9 Å². The van der Waals surface area contributed by atoms with Crippen molar-refractivity contribution in [3.8, 4) is 0 Å². The Bertz CT molecular complexity index is 357. The van der Waals surface area contributed by atoms with E-state index in [0.29, 0.717) is 18.7 Å². The first-order chi connectivity index (χ1) is 7.09. The summed E-state index contributed by atoms with van der Waals surface area (Å²) < 4.78 is 12.8. The Kier molecular flexibility index (Phi) is 4.37. The predicted molar refractivity (Wildman–Crippen MR) is 56.8 cm³/mol. The zero-order valence-electron chi connectivity index (χ0n) is 7.96. The van der Waals surface area contributed by atoms with Crippen LogP contribution in [0.4, 0.5) is 10.1 Å². The van der Waals surface area contributed by atoms with Gasteiger partial charge < -0.3 is 10.4 Å². The molecule has 82 valence electrons. The maximum atomic E-state index is 12.8. The van der Waals surface area contributed by atoms with Crippen molar-refractivity contribution in [2.75, 3.05) is 11.9 Å².